The maximum absolute atomic E-state index is 11.1. The maximum atomic E-state index is 11.1. The van der Waals surface area contributed by atoms with Crippen LogP contribution in [-0.2, 0) is 4.74 Å². The maximum Gasteiger partial charge on any atom is 0.411 e. The average molecular weight is 217 g/mol. The highest BCUT2D eigenvalue weighted by Crippen LogP contribution is 2.20. The normalized spacial score (nSPS) is 10.9. The Bertz CT molecular complexity index is 215. The molecule has 0 fully saturated rings. The fourth-order valence-electron chi connectivity index (χ4n) is 0.896. The summed E-state index contributed by atoms with van der Waals surface area (Å²) in [5, 5.41) is 20.5. The Kier molecular flexibility index (Phi) is 5.96. The number of nitrogens with one attached hydrogen (secondary N) is 1. The van der Waals surface area contributed by atoms with E-state index in [1.54, 1.807) is 6.92 Å². The lowest BCUT2D eigenvalue weighted by atomic mass is 9.88. The quantitative estimate of drug-likeness (QED) is 0.609. The second-order valence-electron chi connectivity index (χ2n) is 3.65. The Balaban J connectivity index is 4.10. The van der Waals surface area contributed by atoms with Crippen LogP contribution in [0.25, 0.3) is 0 Å². The number of allylic oxidation sites excluding steroid dienone is 1. The van der Waals surface area contributed by atoms with E-state index in [2.05, 4.69) is 11.9 Å². The van der Waals surface area contributed by atoms with Gasteiger partial charge < -0.3 is 14.9 Å². The van der Waals surface area contributed by atoms with Gasteiger partial charge in [0.05, 0.1) is 18.6 Å². The third-order valence-electron chi connectivity index (χ3n) is 2.25. The molecule has 0 aromatic carbocycles. The summed E-state index contributed by atoms with van der Waals surface area (Å²) in [6.07, 6.45) is -0.0948. The molecule has 88 valence electrons. The average Bonchev–Trinajstić information content (AvgIpc) is 2.20. The number of carbonyl (C=O) groups excluding carboxylic acids is 1. The molecule has 0 aromatic heterocycles. The van der Waals surface area contributed by atoms with Crippen LogP contribution in [-0.4, -0.2) is 36.1 Å². The third kappa shape index (κ3) is 4.80. The molecule has 0 atom stereocenters. The zero-order valence-electron chi connectivity index (χ0n) is 9.25. The largest absolute Gasteiger partial charge is 0.449 e. The molecule has 0 aliphatic carbocycles. The zero-order valence-corrected chi connectivity index (χ0v) is 9.25. The second-order valence-corrected chi connectivity index (χ2v) is 3.65. The number of amides is 1. The molecule has 0 aromatic rings. The lowest BCUT2D eigenvalue weighted by Gasteiger charge is -2.27. The van der Waals surface area contributed by atoms with Crippen LogP contribution in [0.2, 0.25) is 0 Å². The molecule has 15 heavy (non-hydrogen) atoms. The molecule has 1 amide bonds. The van der Waals surface area contributed by atoms with Gasteiger partial charge in [0.2, 0.25) is 0 Å². The summed E-state index contributed by atoms with van der Waals surface area (Å²) < 4.78 is 4.86. The predicted octanol–water partition coefficient (Wildman–Crippen LogP) is 0.627. The minimum atomic E-state index is -0.758. The predicted molar refractivity (Wildman–Crippen MR) is 56.2 cm³/mol. The number of carbonyl (C=O) groups is 1. The van der Waals surface area contributed by atoms with E-state index < -0.39 is 11.5 Å². The molecular weight excluding hydrogens is 198 g/mol. The van der Waals surface area contributed by atoms with E-state index >= 15 is 0 Å². The Hall–Kier alpha value is -1.07. The molecular formula is C10H19NO4. The van der Waals surface area contributed by atoms with Crippen LogP contribution >= 0.6 is 0 Å². The van der Waals surface area contributed by atoms with Crippen molar-refractivity contribution in [3.63, 3.8) is 0 Å². The highest BCUT2D eigenvalue weighted by molar-refractivity contribution is 5.69. The number of aliphatic hydroxyl groups is 2. The topological polar surface area (TPSA) is 78.8 Å². The molecule has 0 saturated heterocycles. The van der Waals surface area contributed by atoms with Crippen LogP contribution in [0.3, 0.4) is 0 Å². The molecule has 0 aliphatic rings. The molecule has 0 spiro atoms. The van der Waals surface area contributed by atoms with Crippen molar-refractivity contribution in [2.45, 2.75) is 20.3 Å². The molecule has 5 heteroatoms. The van der Waals surface area contributed by atoms with Crippen molar-refractivity contribution < 1.29 is 19.7 Å². The van der Waals surface area contributed by atoms with Gasteiger partial charge in [-0.1, -0.05) is 13.5 Å². The molecule has 5 nitrogen and oxygen atoms in total. The van der Waals surface area contributed by atoms with Crippen molar-refractivity contribution in [3.8, 4) is 0 Å². The molecule has 0 aliphatic heterocycles. The zero-order chi connectivity index (χ0) is 11.9. The number of rotatable bonds is 6. The van der Waals surface area contributed by atoms with Gasteiger partial charge in [-0.2, -0.15) is 0 Å². The molecule has 3 N–H and O–H groups in total. The lowest BCUT2D eigenvalue weighted by molar-refractivity contribution is -0.00461. The molecule has 0 saturated carbocycles. The van der Waals surface area contributed by atoms with Gasteiger partial charge in [0.1, 0.15) is 6.61 Å². The second kappa shape index (κ2) is 6.42. The first-order valence-corrected chi connectivity index (χ1v) is 4.80. The first-order valence-electron chi connectivity index (χ1n) is 4.80. The Labute approximate surface area is 89.7 Å². The van der Waals surface area contributed by atoms with Crippen molar-refractivity contribution >= 4 is 6.09 Å². The van der Waals surface area contributed by atoms with Crippen LogP contribution in [0.15, 0.2) is 12.3 Å². The van der Waals surface area contributed by atoms with Crippen molar-refractivity contribution in [1.29, 1.82) is 0 Å². The van der Waals surface area contributed by atoms with E-state index in [4.69, 9.17) is 14.9 Å². The van der Waals surface area contributed by atoms with E-state index in [1.807, 2.05) is 6.92 Å². The number of ether oxygens (including phenoxy) is 1. The van der Waals surface area contributed by atoms with Gasteiger partial charge in [0.15, 0.2) is 0 Å². The van der Waals surface area contributed by atoms with Crippen LogP contribution in [0.4, 0.5) is 4.79 Å². The lowest BCUT2D eigenvalue weighted by Crippen LogP contribution is -2.37. The molecule has 0 rings (SSSR count). The van der Waals surface area contributed by atoms with E-state index in [0.29, 0.717) is 12.1 Å². The van der Waals surface area contributed by atoms with Gasteiger partial charge in [0, 0.05) is 5.70 Å². The number of hydrogen-bond acceptors (Lipinski definition) is 4. The molecule has 0 radical (unpaired) electrons. The SMILES string of the molecule is C=C(C)NC(=O)OCC(CC)(CO)CO. The van der Waals surface area contributed by atoms with E-state index in [-0.39, 0.29) is 19.8 Å². The fourth-order valence-corrected chi connectivity index (χ4v) is 0.896. The van der Waals surface area contributed by atoms with Crippen LogP contribution in [0.1, 0.15) is 20.3 Å². The number of hydrogen-bond donors (Lipinski definition) is 3. The minimum absolute atomic E-state index is 0.0182. The molecule has 0 bridgehead atoms. The molecule has 0 unspecified atom stereocenters. The van der Waals surface area contributed by atoms with E-state index in [0.717, 1.165) is 0 Å². The summed E-state index contributed by atoms with van der Waals surface area (Å²) in [6.45, 7) is 6.47. The van der Waals surface area contributed by atoms with Crippen molar-refractivity contribution in [3.05, 3.63) is 12.3 Å². The first-order chi connectivity index (χ1) is 6.99. The van der Waals surface area contributed by atoms with Gasteiger partial charge in [-0.3, -0.25) is 5.32 Å². The molecule has 0 heterocycles. The highest BCUT2D eigenvalue weighted by atomic mass is 16.5. The van der Waals surface area contributed by atoms with Crippen molar-refractivity contribution in [2.75, 3.05) is 19.8 Å². The van der Waals surface area contributed by atoms with Gasteiger partial charge >= 0.3 is 6.09 Å². The smallest absolute Gasteiger partial charge is 0.411 e. The summed E-state index contributed by atoms with van der Waals surface area (Å²) in [5.41, 5.74) is -0.276. The minimum Gasteiger partial charge on any atom is -0.449 e. The third-order valence-corrected chi connectivity index (χ3v) is 2.25. The van der Waals surface area contributed by atoms with Gasteiger partial charge in [-0.25, -0.2) is 4.79 Å². The summed E-state index contributed by atoms with van der Waals surface area (Å²) in [4.78, 5) is 11.1. The van der Waals surface area contributed by atoms with Gasteiger partial charge in [-0.05, 0) is 13.3 Å². The number of alkyl carbamates (subject to hydrolysis) is 1. The number of aliphatic hydroxyl groups excluding tert-OH is 2. The van der Waals surface area contributed by atoms with E-state index in [9.17, 15) is 4.79 Å². The summed E-state index contributed by atoms with van der Waals surface area (Å²) >= 11 is 0. The van der Waals surface area contributed by atoms with Crippen molar-refractivity contribution in [1.82, 2.24) is 5.32 Å². The highest BCUT2D eigenvalue weighted by Gasteiger charge is 2.28. The Morgan fingerprint density at radius 2 is 2.00 bits per heavy atom. The van der Waals surface area contributed by atoms with Crippen LogP contribution in [0, 0.1) is 5.41 Å². The van der Waals surface area contributed by atoms with Crippen LogP contribution < -0.4 is 5.32 Å². The van der Waals surface area contributed by atoms with Crippen LogP contribution in [0.5, 0.6) is 0 Å². The Morgan fingerprint density at radius 3 is 2.33 bits per heavy atom. The standard InChI is InChI=1S/C10H19NO4/c1-4-10(5-12,6-13)7-15-9(14)11-8(2)3/h12-13H,2,4-7H2,1,3H3,(H,11,14). The first kappa shape index (κ1) is 13.9. The van der Waals surface area contributed by atoms with Crippen molar-refractivity contribution in [2.24, 2.45) is 5.41 Å². The summed E-state index contributed by atoms with van der Waals surface area (Å²) in [7, 11) is 0. The van der Waals surface area contributed by atoms with Gasteiger partial charge in [0.25, 0.3) is 0 Å². The summed E-state index contributed by atoms with van der Waals surface area (Å²) in [6, 6.07) is 0. The monoisotopic (exact) mass is 217 g/mol. The van der Waals surface area contributed by atoms with Gasteiger partial charge in [-0.15, -0.1) is 0 Å². The Morgan fingerprint density at radius 1 is 1.47 bits per heavy atom. The van der Waals surface area contributed by atoms with E-state index in [1.165, 1.54) is 0 Å². The summed E-state index contributed by atoms with van der Waals surface area (Å²) in [5.74, 6) is 0. The fraction of sp³-hybridized carbons (Fsp3) is 0.700.